The number of H-pyrrole nitrogens is 2. The van der Waals surface area contributed by atoms with E-state index in [1.54, 1.807) is 0 Å². The van der Waals surface area contributed by atoms with Gasteiger partial charge in [0.05, 0.1) is 5.69 Å². The van der Waals surface area contributed by atoms with Gasteiger partial charge in [0.2, 0.25) is 5.88 Å². The highest BCUT2D eigenvalue weighted by Crippen LogP contribution is 2.32. The SMILES string of the molecule is O=c1[nH]c(O)c(C2CCCCCCC2)[nH]1. The van der Waals surface area contributed by atoms with E-state index in [0.29, 0.717) is 11.6 Å². The molecule has 1 fully saturated rings. The van der Waals surface area contributed by atoms with Gasteiger partial charge < -0.3 is 10.1 Å². The number of aromatic nitrogens is 2. The van der Waals surface area contributed by atoms with Gasteiger partial charge in [0.1, 0.15) is 0 Å². The van der Waals surface area contributed by atoms with Gasteiger partial charge >= 0.3 is 5.69 Å². The summed E-state index contributed by atoms with van der Waals surface area (Å²) in [5, 5.41) is 9.56. The lowest BCUT2D eigenvalue weighted by Gasteiger charge is -2.18. The fraction of sp³-hybridized carbons (Fsp3) is 0.727. The Morgan fingerprint density at radius 1 is 1.00 bits per heavy atom. The first kappa shape index (κ1) is 10.3. The molecule has 0 saturated heterocycles. The number of nitrogens with one attached hydrogen (secondary N) is 2. The molecule has 0 bridgehead atoms. The molecule has 1 heterocycles. The molecule has 4 heteroatoms. The second-order valence-corrected chi connectivity index (χ2v) is 4.38. The third kappa shape index (κ3) is 2.43. The number of imidazole rings is 1. The van der Waals surface area contributed by atoms with Crippen molar-refractivity contribution in [3.05, 3.63) is 16.2 Å². The molecule has 2 rings (SSSR count). The Morgan fingerprint density at radius 3 is 2.13 bits per heavy atom. The summed E-state index contributed by atoms with van der Waals surface area (Å²) in [6, 6.07) is 0. The zero-order valence-electron chi connectivity index (χ0n) is 8.88. The van der Waals surface area contributed by atoms with E-state index in [1.165, 1.54) is 32.1 Å². The Balaban J connectivity index is 2.13. The highest BCUT2D eigenvalue weighted by molar-refractivity contribution is 5.20. The molecule has 1 aromatic heterocycles. The largest absolute Gasteiger partial charge is 0.493 e. The molecule has 0 aromatic carbocycles. The fourth-order valence-corrected chi connectivity index (χ4v) is 2.43. The summed E-state index contributed by atoms with van der Waals surface area (Å²) in [5.74, 6) is 0.356. The molecule has 0 atom stereocenters. The molecule has 0 radical (unpaired) electrons. The van der Waals surface area contributed by atoms with Gasteiger partial charge in [-0.1, -0.05) is 32.1 Å². The third-order valence-electron chi connectivity index (χ3n) is 3.25. The molecule has 0 spiro atoms. The average Bonchev–Trinajstić information content (AvgIpc) is 2.45. The second kappa shape index (κ2) is 4.55. The van der Waals surface area contributed by atoms with Crippen LogP contribution in [0.3, 0.4) is 0 Å². The zero-order valence-corrected chi connectivity index (χ0v) is 8.88. The lowest BCUT2D eigenvalue weighted by molar-refractivity contribution is 0.412. The van der Waals surface area contributed by atoms with E-state index in [0.717, 1.165) is 12.8 Å². The van der Waals surface area contributed by atoms with Gasteiger partial charge in [-0.25, -0.2) is 4.79 Å². The maximum Gasteiger partial charge on any atom is 0.325 e. The van der Waals surface area contributed by atoms with Crippen LogP contribution in [0, 0.1) is 0 Å². The molecule has 4 nitrogen and oxygen atoms in total. The Hall–Kier alpha value is -1.19. The standard InChI is InChI=1S/C11H18N2O2/c14-10-9(12-11(15)13-10)8-6-4-2-1-3-5-7-8/h8,14H,1-7H2,(H2,12,13,15). The van der Waals surface area contributed by atoms with Crippen LogP contribution in [0.4, 0.5) is 0 Å². The van der Waals surface area contributed by atoms with Crippen LogP contribution in [-0.2, 0) is 0 Å². The van der Waals surface area contributed by atoms with Crippen molar-refractivity contribution >= 4 is 0 Å². The minimum absolute atomic E-state index is 0.0329. The number of aromatic hydroxyl groups is 1. The van der Waals surface area contributed by atoms with Crippen molar-refractivity contribution in [1.82, 2.24) is 9.97 Å². The van der Waals surface area contributed by atoms with Gasteiger partial charge in [0, 0.05) is 5.92 Å². The molecule has 15 heavy (non-hydrogen) atoms. The number of rotatable bonds is 1. The summed E-state index contributed by atoms with van der Waals surface area (Å²) in [6.07, 6.45) is 8.39. The molecule has 84 valence electrons. The predicted octanol–water partition coefficient (Wildman–Crippen LogP) is 2.24. The van der Waals surface area contributed by atoms with Gasteiger partial charge in [0.25, 0.3) is 0 Å². The molecular formula is C11H18N2O2. The van der Waals surface area contributed by atoms with Gasteiger partial charge in [-0.2, -0.15) is 0 Å². The highest BCUT2D eigenvalue weighted by atomic mass is 16.3. The van der Waals surface area contributed by atoms with Crippen molar-refractivity contribution in [1.29, 1.82) is 0 Å². The van der Waals surface area contributed by atoms with Gasteiger partial charge in [0.15, 0.2) is 0 Å². The Morgan fingerprint density at radius 2 is 1.60 bits per heavy atom. The first-order valence-electron chi connectivity index (χ1n) is 5.78. The summed E-state index contributed by atoms with van der Waals surface area (Å²) in [5.41, 5.74) is 0.409. The summed E-state index contributed by atoms with van der Waals surface area (Å²) in [7, 11) is 0. The Kier molecular flexibility index (Phi) is 3.14. The van der Waals surface area contributed by atoms with Crippen LogP contribution in [0.5, 0.6) is 5.88 Å². The van der Waals surface area contributed by atoms with E-state index in [-0.39, 0.29) is 11.6 Å². The molecule has 1 aliphatic rings. The molecular weight excluding hydrogens is 192 g/mol. The van der Waals surface area contributed by atoms with Crippen LogP contribution in [0.25, 0.3) is 0 Å². The molecule has 3 N–H and O–H groups in total. The van der Waals surface area contributed by atoms with Crippen molar-refractivity contribution in [3.63, 3.8) is 0 Å². The third-order valence-corrected chi connectivity index (χ3v) is 3.25. The maximum absolute atomic E-state index is 11.0. The zero-order chi connectivity index (χ0) is 10.7. The number of aromatic amines is 2. The van der Waals surface area contributed by atoms with Crippen molar-refractivity contribution < 1.29 is 5.11 Å². The topological polar surface area (TPSA) is 68.9 Å². The summed E-state index contributed by atoms with van der Waals surface area (Å²) in [4.78, 5) is 16.1. The second-order valence-electron chi connectivity index (χ2n) is 4.38. The van der Waals surface area contributed by atoms with Gasteiger partial charge in [-0.15, -0.1) is 0 Å². The normalized spacial score (nSPS) is 19.7. The van der Waals surface area contributed by atoms with E-state index >= 15 is 0 Å². The first-order valence-corrected chi connectivity index (χ1v) is 5.78. The molecule has 0 aliphatic heterocycles. The van der Waals surface area contributed by atoms with Crippen molar-refractivity contribution in [3.8, 4) is 5.88 Å². The predicted molar refractivity (Wildman–Crippen MR) is 58.1 cm³/mol. The summed E-state index contributed by atoms with van der Waals surface area (Å²) < 4.78 is 0. The van der Waals surface area contributed by atoms with Crippen LogP contribution in [-0.4, -0.2) is 15.1 Å². The summed E-state index contributed by atoms with van der Waals surface area (Å²) >= 11 is 0. The minimum atomic E-state index is -0.301. The molecule has 1 aliphatic carbocycles. The van der Waals surface area contributed by atoms with E-state index in [4.69, 9.17) is 0 Å². The van der Waals surface area contributed by atoms with E-state index in [1.807, 2.05) is 0 Å². The monoisotopic (exact) mass is 210 g/mol. The fourth-order valence-electron chi connectivity index (χ4n) is 2.43. The van der Waals surface area contributed by atoms with Crippen molar-refractivity contribution in [2.75, 3.05) is 0 Å². The lowest BCUT2D eigenvalue weighted by Crippen LogP contribution is -2.06. The molecule has 0 unspecified atom stereocenters. The average molecular weight is 210 g/mol. The van der Waals surface area contributed by atoms with Crippen LogP contribution >= 0.6 is 0 Å². The Labute approximate surface area is 88.7 Å². The molecule has 0 amide bonds. The number of hydrogen-bond donors (Lipinski definition) is 3. The highest BCUT2D eigenvalue weighted by Gasteiger charge is 2.19. The molecule has 1 saturated carbocycles. The van der Waals surface area contributed by atoms with Crippen molar-refractivity contribution in [2.45, 2.75) is 50.9 Å². The minimum Gasteiger partial charge on any atom is -0.493 e. The van der Waals surface area contributed by atoms with Gasteiger partial charge in [-0.05, 0) is 12.8 Å². The smallest absolute Gasteiger partial charge is 0.325 e. The van der Waals surface area contributed by atoms with Crippen LogP contribution in [0.15, 0.2) is 4.79 Å². The molecule has 1 aromatic rings. The maximum atomic E-state index is 11.0. The summed E-state index contributed by atoms with van der Waals surface area (Å²) in [6.45, 7) is 0. The lowest BCUT2D eigenvalue weighted by atomic mass is 9.89. The van der Waals surface area contributed by atoms with Crippen LogP contribution in [0.2, 0.25) is 0 Å². The Bertz CT molecular complexity index is 359. The van der Waals surface area contributed by atoms with Crippen molar-refractivity contribution in [2.24, 2.45) is 0 Å². The quantitative estimate of drug-likeness (QED) is 0.665. The first-order chi connectivity index (χ1) is 7.27. The number of hydrogen-bond acceptors (Lipinski definition) is 2. The van der Waals surface area contributed by atoms with Crippen LogP contribution in [0.1, 0.15) is 56.6 Å². The van der Waals surface area contributed by atoms with E-state index in [9.17, 15) is 9.90 Å². The van der Waals surface area contributed by atoms with E-state index < -0.39 is 0 Å². The van der Waals surface area contributed by atoms with Crippen LogP contribution < -0.4 is 5.69 Å². The van der Waals surface area contributed by atoms with E-state index in [2.05, 4.69) is 9.97 Å². The van der Waals surface area contributed by atoms with Gasteiger partial charge in [-0.3, -0.25) is 4.98 Å².